The molecule has 0 spiro atoms. The van der Waals surface area contributed by atoms with Gasteiger partial charge in [0.05, 0.1) is 5.69 Å². The van der Waals surface area contributed by atoms with Crippen molar-refractivity contribution in [2.45, 2.75) is 6.54 Å². The maximum absolute atomic E-state index is 13.1. The minimum atomic E-state index is -1.66. The number of Topliss-reactive ketones (excluding diaryl/α,β-unsaturated/α-hetero) is 1. The molecule has 8 heteroatoms. The normalized spacial score (nSPS) is 16.8. The molecule has 2 heterocycles. The van der Waals surface area contributed by atoms with Crippen LogP contribution in [0.3, 0.4) is 0 Å². The summed E-state index contributed by atoms with van der Waals surface area (Å²) in [4.78, 5) is 29.9. The quantitative estimate of drug-likeness (QED) is 0.608. The standard InChI is InChI=1S/C23H18ClN3O3S/c1-27-20-7-4-17(23(29)26-14-16-8-10-25-11-9-16)13-19(20)22(28)21(31(27)30)12-15-2-5-18(24)6-3-15/h2-13H,14H2,1H3,(H,26,29)/b21-12+. The molecule has 0 fully saturated rings. The molecule has 0 aliphatic carbocycles. The molecule has 1 aliphatic rings. The van der Waals surface area contributed by atoms with E-state index in [1.54, 1.807) is 68.0 Å². The molecule has 0 saturated carbocycles. The molecule has 1 aromatic heterocycles. The second-order valence-corrected chi connectivity index (χ2v) is 8.83. The number of hydrogen-bond acceptors (Lipinski definition) is 4. The van der Waals surface area contributed by atoms with Crippen LogP contribution in [0, 0.1) is 0 Å². The number of nitrogens with zero attached hydrogens (tertiary/aromatic N) is 2. The van der Waals surface area contributed by atoms with Gasteiger partial charge in [-0.2, -0.15) is 0 Å². The van der Waals surface area contributed by atoms with Gasteiger partial charge in [0, 0.05) is 42.1 Å². The van der Waals surface area contributed by atoms with Gasteiger partial charge < -0.3 is 5.32 Å². The van der Waals surface area contributed by atoms with Gasteiger partial charge in [-0.3, -0.25) is 18.9 Å². The molecule has 2 aromatic carbocycles. The third-order valence-electron chi connectivity index (χ3n) is 4.87. The summed E-state index contributed by atoms with van der Waals surface area (Å²) in [7, 11) is -0.00719. The first kappa shape index (κ1) is 21.0. The zero-order chi connectivity index (χ0) is 22.0. The van der Waals surface area contributed by atoms with Crippen LogP contribution >= 0.6 is 11.6 Å². The van der Waals surface area contributed by atoms with Crippen LogP contribution in [0.5, 0.6) is 0 Å². The number of carbonyl (C=O) groups is 2. The molecule has 6 nitrogen and oxygen atoms in total. The Hall–Kier alpha value is -3.29. The zero-order valence-corrected chi connectivity index (χ0v) is 18.1. The van der Waals surface area contributed by atoms with E-state index < -0.39 is 11.0 Å². The molecule has 1 unspecified atom stereocenters. The van der Waals surface area contributed by atoms with Gasteiger partial charge >= 0.3 is 0 Å². The van der Waals surface area contributed by atoms with Crippen molar-refractivity contribution in [3.8, 4) is 0 Å². The molecular weight excluding hydrogens is 434 g/mol. The van der Waals surface area contributed by atoms with Crippen molar-refractivity contribution in [2.24, 2.45) is 0 Å². The Bertz CT molecular complexity index is 1210. The average molecular weight is 452 g/mol. The molecule has 1 atom stereocenters. The molecule has 1 amide bonds. The Morgan fingerprint density at radius 3 is 2.55 bits per heavy atom. The molecule has 3 aromatic rings. The predicted octanol–water partition coefficient (Wildman–Crippen LogP) is 4.00. The number of benzene rings is 2. The van der Waals surface area contributed by atoms with Crippen LogP contribution in [0.25, 0.3) is 6.08 Å². The summed E-state index contributed by atoms with van der Waals surface area (Å²) in [5.74, 6) is -0.671. The summed E-state index contributed by atoms with van der Waals surface area (Å²) >= 11 is 5.92. The lowest BCUT2D eigenvalue weighted by atomic mass is 10.0. The number of halogens is 1. The van der Waals surface area contributed by atoms with E-state index >= 15 is 0 Å². The number of pyridine rings is 1. The van der Waals surface area contributed by atoms with Gasteiger partial charge in [-0.25, -0.2) is 4.21 Å². The number of nitrogens with one attached hydrogen (secondary N) is 1. The molecule has 0 bridgehead atoms. The first-order chi connectivity index (χ1) is 14.9. The number of rotatable bonds is 4. The summed E-state index contributed by atoms with van der Waals surface area (Å²) in [5, 5.41) is 3.41. The first-order valence-corrected chi connectivity index (χ1v) is 10.9. The average Bonchev–Trinajstić information content (AvgIpc) is 2.80. The number of anilines is 1. The minimum absolute atomic E-state index is 0.145. The molecule has 0 saturated heterocycles. The number of aromatic nitrogens is 1. The lowest BCUT2D eigenvalue weighted by Gasteiger charge is -2.27. The maximum atomic E-state index is 13.1. The van der Waals surface area contributed by atoms with E-state index in [1.165, 1.54) is 4.31 Å². The van der Waals surface area contributed by atoms with E-state index in [4.69, 9.17) is 11.6 Å². The van der Waals surface area contributed by atoms with Gasteiger partial charge in [-0.1, -0.05) is 23.7 Å². The Morgan fingerprint density at radius 1 is 1.13 bits per heavy atom. The highest BCUT2D eigenvalue weighted by Crippen LogP contribution is 2.33. The Kier molecular flexibility index (Phi) is 5.97. The lowest BCUT2D eigenvalue weighted by Crippen LogP contribution is -2.32. The second-order valence-electron chi connectivity index (χ2n) is 6.91. The van der Waals surface area contributed by atoms with Gasteiger partial charge in [-0.05, 0) is 59.7 Å². The number of carbonyl (C=O) groups excluding carboxylic acids is 2. The lowest BCUT2D eigenvalue weighted by molar-refractivity contribution is 0.0951. The second kappa shape index (κ2) is 8.83. The maximum Gasteiger partial charge on any atom is 0.251 e. The SMILES string of the molecule is CN1c2ccc(C(=O)NCc3ccncc3)cc2C(=O)/C(=C\c2ccc(Cl)cc2)S1=O. The molecular formula is C23H18ClN3O3S. The van der Waals surface area contributed by atoms with Gasteiger partial charge in [0.15, 0.2) is 11.0 Å². The fourth-order valence-electron chi connectivity index (χ4n) is 3.19. The fourth-order valence-corrected chi connectivity index (χ4v) is 4.46. The van der Waals surface area contributed by atoms with E-state index in [2.05, 4.69) is 10.3 Å². The zero-order valence-electron chi connectivity index (χ0n) is 16.5. The van der Waals surface area contributed by atoms with E-state index in [9.17, 15) is 13.8 Å². The van der Waals surface area contributed by atoms with Crippen molar-refractivity contribution >= 4 is 46.0 Å². The van der Waals surface area contributed by atoms with E-state index in [1.807, 2.05) is 12.1 Å². The third kappa shape index (κ3) is 4.42. The number of fused-ring (bicyclic) bond motifs is 1. The van der Waals surface area contributed by atoms with Gasteiger partial charge in [0.1, 0.15) is 4.91 Å². The summed E-state index contributed by atoms with van der Waals surface area (Å²) in [5.41, 5.74) is 2.83. The highest BCUT2D eigenvalue weighted by molar-refractivity contribution is 7.91. The molecule has 0 radical (unpaired) electrons. The van der Waals surface area contributed by atoms with Crippen LogP contribution in [-0.2, 0) is 17.5 Å². The monoisotopic (exact) mass is 451 g/mol. The Morgan fingerprint density at radius 2 is 1.84 bits per heavy atom. The van der Waals surface area contributed by atoms with Crippen molar-refractivity contribution in [1.82, 2.24) is 10.3 Å². The minimum Gasteiger partial charge on any atom is -0.348 e. The van der Waals surface area contributed by atoms with Crippen LogP contribution in [0.15, 0.2) is 71.9 Å². The Labute approximate surface area is 187 Å². The molecule has 1 aliphatic heterocycles. The molecule has 156 valence electrons. The molecule has 4 rings (SSSR count). The number of amides is 1. The number of ketones is 1. The van der Waals surface area contributed by atoms with Crippen LogP contribution in [0.4, 0.5) is 5.69 Å². The van der Waals surface area contributed by atoms with Gasteiger partial charge in [0.2, 0.25) is 5.78 Å². The van der Waals surface area contributed by atoms with E-state index in [0.717, 1.165) is 5.56 Å². The van der Waals surface area contributed by atoms with Gasteiger partial charge in [0.25, 0.3) is 5.91 Å². The highest BCUT2D eigenvalue weighted by atomic mass is 35.5. The largest absolute Gasteiger partial charge is 0.348 e. The summed E-state index contributed by atoms with van der Waals surface area (Å²) < 4.78 is 14.4. The van der Waals surface area contributed by atoms with Gasteiger partial charge in [-0.15, -0.1) is 0 Å². The first-order valence-electron chi connectivity index (χ1n) is 9.43. The van der Waals surface area contributed by atoms with Crippen molar-refractivity contribution in [3.63, 3.8) is 0 Å². The topological polar surface area (TPSA) is 79.4 Å². The number of hydrogen-bond donors (Lipinski definition) is 1. The van der Waals surface area contributed by atoms with Crippen LogP contribution in [-0.4, -0.2) is 27.9 Å². The van der Waals surface area contributed by atoms with Crippen LogP contribution in [0.2, 0.25) is 5.02 Å². The Balaban J connectivity index is 1.62. The van der Waals surface area contributed by atoms with Crippen molar-refractivity contribution in [1.29, 1.82) is 0 Å². The smallest absolute Gasteiger partial charge is 0.251 e. The van der Waals surface area contributed by atoms with Crippen molar-refractivity contribution in [2.75, 3.05) is 11.4 Å². The van der Waals surface area contributed by atoms with Crippen molar-refractivity contribution in [3.05, 3.63) is 99.2 Å². The van der Waals surface area contributed by atoms with Crippen LogP contribution in [0.1, 0.15) is 31.8 Å². The molecule has 31 heavy (non-hydrogen) atoms. The van der Waals surface area contributed by atoms with E-state index in [0.29, 0.717) is 33.9 Å². The van der Waals surface area contributed by atoms with Crippen LogP contribution < -0.4 is 9.62 Å². The summed E-state index contributed by atoms with van der Waals surface area (Å²) in [6.07, 6.45) is 4.90. The summed E-state index contributed by atoms with van der Waals surface area (Å²) in [6.45, 7) is 0.345. The molecule has 1 N–H and O–H groups in total. The van der Waals surface area contributed by atoms with E-state index in [-0.39, 0.29) is 16.6 Å². The summed E-state index contributed by atoms with van der Waals surface area (Å²) in [6, 6.07) is 15.3. The van der Waals surface area contributed by atoms with Crippen molar-refractivity contribution < 1.29 is 13.8 Å². The fraction of sp³-hybridized carbons (Fsp3) is 0.0870. The third-order valence-corrected chi connectivity index (χ3v) is 6.50. The highest BCUT2D eigenvalue weighted by Gasteiger charge is 2.32. The predicted molar refractivity (Wildman–Crippen MR) is 122 cm³/mol. The number of allylic oxidation sites excluding steroid dienone is 1.